The van der Waals surface area contributed by atoms with Gasteiger partial charge in [0.25, 0.3) is 5.56 Å². The molecule has 0 amide bonds. The number of hydrogen-bond donors (Lipinski definition) is 6. The average Bonchev–Trinajstić information content (AvgIpc) is 3.02. The SMILES string of the molecule is CC1CC(N(C)C)C(O)C(OP(=O)(O)OP(=O)(O)OCC2OC(n3ccc(=O)[nH]c3=O)C(O)C2O)O1. The number of aromatic amines is 1. The van der Waals surface area contributed by atoms with Crippen LogP contribution in [0, 0.1) is 0 Å². The zero-order valence-corrected chi connectivity index (χ0v) is 21.2. The number of nitrogens with one attached hydrogen (secondary N) is 1. The fourth-order valence-electron chi connectivity index (χ4n) is 3.83. The smallest absolute Gasteiger partial charge is 0.387 e. The van der Waals surface area contributed by atoms with E-state index in [2.05, 4.69) is 8.83 Å². The van der Waals surface area contributed by atoms with Crippen LogP contribution in [0.4, 0.5) is 0 Å². The third-order valence-corrected chi connectivity index (χ3v) is 8.18. The van der Waals surface area contributed by atoms with E-state index >= 15 is 0 Å². The molecule has 0 radical (unpaired) electrons. The number of phosphoric ester groups is 2. The second kappa shape index (κ2) is 11.2. The van der Waals surface area contributed by atoms with Crippen LogP contribution in [-0.4, -0.2) is 103 Å². The minimum Gasteiger partial charge on any atom is -0.387 e. The van der Waals surface area contributed by atoms with Gasteiger partial charge in [0.15, 0.2) is 12.5 Å². The lowest BCUT2D eigenvalue weighted by Gasteiger charge is -2.40. The first-order valence-corrected chi connectivity index (χ1v) is 13.6. The number of rotatable bonds is 9. The van der Waals surface area contributed by atoms with Crippen LogP contribution in [0.25, 0.3) is 0 Å². The van der Waals surface area contributed by atoms with Crippen LogP contribution in [0.2, 0.25) is 0 Å². The summed E-state index contributed by atoms with van der Waals surface area (Å²) in [6, 6.07) is 0.461. The summed E-state index contributed by atoms with van der Waals surface area (Å²) in [7, 11) is -7.33. The van der Waals surface area contributed by atoms with Gasteiger partial charge < -0.3 is 39.5 Å². The summed E-state index contributed by atoms with van der Waals surface area (Å²) in [5.74, 6) is 0. The van der Waals surface area contributed by atoms with E-state index in [1.807, 2.05) is 4.98 Å². The molecule has 17 nitrogen and oxygen atoms in total. The summed E-state index contributed by atoms with van der Waals surface area (Å²) in [6.45, 7) is 0.709. The highest BCUT2D eigenvalue weighted by Gasteiger charge is 2.47. The number of aliphatic hydroxyl groups excluding tert-OH is 3. The van der Waals surface area contributed by atoms with E-state index in [0.29, 0.717) is 6.42 Å². The van der Waals surface area contributed by atoms with Crippen molar-refractivity contribution in [3.8, 4) is 0 Å². The van der Waals surface area contributed by atoms with Gasteiger partial charge in [-0.05, 0) is 27.4 Å². The Morgan fingerprint density at radius 1 is 1.11 bits per heavy atom. The van der Waals surface area contributed by atoms with Crippen LogP contribution < -0.4 is 11.2 Å². The van der Waals surface area contributed by atoms with E-state index in [9.17, 15) is 43.8 Å². The Morgan fingerprint density at radius 3 is 2.39 bits per heavy atom. The number of hydrogen-bond acceptors (Lipinski definition) is 13. The predicted octanol–water partition coefficient (Wildman–Crippen LogP) is -2.17. The van der Waals surface area contributed by atoms with Crippen molar-refractivity contribution in [3.05, 3.63) is 33.1 Å². The van der Waals surface area contributed by atoms with Crippen LogP contribution in [0.3, 0.4) is 0 Å². The lowest BCUT2D eigenvalue weighted by molar-refractivity contribution is -0.222. The first kappa shape index (κ1) is 29.3. The van der Waals surface area contributed by atoms with Crippen molar-refractivity contribution >= 4 is 15.6 Å². The Hall–Kier alpha value is -1.30. The summed E-state index contributed by atoms with van der Waals surface area (Å²) in [5.41, 5.74) is -1.66. The molecule has 6 N–H and O–H groups in total. The monoisotopic (exact) mass is 561 g/mol. The number of phosphoric acid groups is 2. The Morgan fingerprint density at radius 2 is 1.78 bits per heavy atom. The average molecular weight is 561 g/mol. The fraction of sp³-hybridized carbons (Fsp3) is 0.765. The van der Waals surface area contributed by atoms with E-state index in [-0.39, 0.29) is 0 Å². The zero-order valence-electron chi connectivity index (χ0n) is 19.4. The van der Waals surface area contributed by atoms with Crippen LogP contribution in [-0.2, 0) is 32.0 Å². The number of aromatic nitrogens is 2. The number of ether oxygens (including phenoxy) is 2. The lowest BCUT2D eigenvalue weighted by atomic mass is 9.99. The van der Waals surface area contributed by atoms with Gasteiger partial charge in [-0.3, -0.25) is 23.4 Å². The molecule has 10 atom stereocenters. The molecule has 1 aromatic heterocycles. The second-order valence-corrected chi connectivity index (χ2v) is 11.6. The molecule has 36 heavy (non-hydrogen) atoms. The van der Waals surface area contributed by atoms with Gasteiger partial charge in [0, 0.05) is 18.3 Å². The Kier molecular flexibility index (Phi) is 9.11. The molecule has 3 rings (SSSR count). The normalized spacial score (nSPS) is 36.5. The molecule has 1 aromatic rings. The van der Waals surface area contributed by atoms with Crippen molar-refractivity contribution in [3.63, 3.8) is 0 Å². The molecule has 0 aromatic carbocycles. The highest BCUT2D eigenvalue weighted by Crippen LogP contribution is 2.61. The molecule has 0 spiro atoms. The minimum absolute atomic E-state index is 0.383. The molecule has 2 saturated heterocycles. The molecule has 19 heteroatoms. The van der Waals surface area contributed by atoms with Crippen molar-refractivity contribution < 1.29 is 57.1 Å². The third kappa shape index (κ3) is 6.96. The minimum atomic E-state index is -5.34. The van der Waals surface area contributed by atoms with Crippen LogP contribution >= 0.6 is 15.6 Å². The van der Waals surface area contributed by atoms with E-state index in [4.69, 9.17) is 14.0 Å². The van der Waals surface area contributed by atoms with Crippen molar-refractivity contribution in [2.45, 2.75) is 62.4 Å². The Labute approximate surface area is 204 Å². The highest BCUT2D eigenvalue weighted by atomic mass is 31.3. The Balaban J connectivity index is 1.61. The van der Waals surface area contributed by atoms with Gasteiger partial charge in [-0.25, -0.2) is 13.9 Å². The quantitative estimate of drug-likeness (QED) is 0.176. The van der Waals surface area contributed by atoms with Gasteiger partial charge in [0.05, 0.1) is 12.7 Å². The van der Waals surface area contributed by atoms with E-state index in [1.165, 1.54) is 0 Å². The summed E-state index contributed by atoms with van der Waals surface area (Å²) in [4.78, 5) is 46.6. The van der Waals surface area contributed by atoms with Crippen molar-refractivity contribution in [1.82, 2.24) is 14.5 Å². The van der Waals surface area contributed by atoms with Gasteiger partial charge in [-0.15, -0.1) is 0 Å². The molecule has 2 aliphatic heterocycles. The zero-order chi connectivity index (χ0) is 27.0. The van der Waals surface area contributed by atoms with Crippen molar-refractivity contribution in [1.29, 1.82) is 0 Å². The maximum absolute atomic E-state index is 12.3. The lowest BCUT2D eigenvalue weighted by Crippen LogP contribution is -2.53. The molecule has 206 valence electrons. The second-order valence-electron chi connectivity index (χ2n) is 8.56. The molecular formula is C17H29N3O14P2. The van der Waals surface area contributed by atoms with Crippen LogP contribution in [0.1, 0.15) is 19.6 Å². The number of H-pyrrole nitrogens is 1. The van der Waals surface area contributed by atoms with Crippen LogP contribution in [0.5, 0.6) is 0 Å². The molecule has 2 fully saturated rings. The summed E-state index contributed by atoms with van der Waals surface area (Å²) in [5, 5.41) is 30.7. The van der Waals surface area contributed by atoms with Crippen molar-refractivity contribution in [2.75, 3.05) is 20.7 Å². The number of aliphatic hydroxyl groups is 3. The van der Waals surface area contributed by atoms with Gasteiger partial charge in [0.1, 0.15) is 24.4 Å². The standard InChI is InChI=1S/C17H29N3O14P2/c1-8-6-9(19(2)3)12(22)16(31-8)33-36(28,29)34-35(26,27)30-7-10-13(23)14(24)15(32-10)20-5-4-11(21)18-17(20)25/h4-5,8-10,12-16,22-24H,6-7H2,1-3H3,(H,26,27)(H,28,29)(H,18,21,25). The van der Waals surface area contributed by atoms with E-state index in [1.54, 1.807) is 25.9 Å². The van der Waals surface area contributed by atoms with E-state index < -0.39 is 82.6 Å². The van der Waals surface area contributed by atoms with E-state index in [0.717, 1.165) is 16.8 Å². The first-order chi connectivity index (χ1) is 16.6. The molecule has 3 heterocycles. The maximum Gasteiger partial charge on any atom is 0.483 e. The summed E-state index contributed by atoms with van der Waals surface area (Å²) >= 11 is 0. The molecule has 10 unspecified atom stereocenters. The molecule has 2 aliphatic rings. The first-order valence-electron chi connectivity index (χ1n) is 10.6. The van der Waals surface area contributed by atoms with Crippen molar-refractivity contribution in [2.24, 2.45) is 0 Å². The molecule has 0 bridgehead atoms. The molecule has 0 aliphatic carbocycles. The number of likely N-dealkylation sites (N-methyl/N-ethyl adjacent to an activating group) is 1. The van der Waals surface area contributed by atoms with Gasteiger partial charge in [0.2, 0.25) is 0 Å². The predicted molar refractivity (Wildman–Crippen MR) is 117 cm³/mol. The Bertz CT molecular complexity index is 1130. The van der Waals surface area contributed by atoms with Gasteiger partial charge >= 0.3 is 21.3 Å². The number of nitrogens with zero attached hydrogens (tertiary/aromatic N) is 2. The summed E-state index contributed by atoms with van der Waals surface area (Å²) < 4.78 is 49.7. The molecule has 0 saturated carbocycles. The van der Waals surface area contributed by atoms with Crippen LogP contribution in [0.15, 0.2) is 21.9 Å². The van der Waals surface area contributed by atoms with Gasteiger partial charge in [-0.2, -0.15) is 4.31 Å². The fourth-order valence-corrected chi connectivity index (χ4v) is 5.98. The third-order valence-electron chi connectivity index (χ3n) is 5.58. The summed E-state index contributed by atoms with van der Waals surface area (Å²) in [6.07, 6.45) is -8.55. The highest BCUT2D eigenvalue weighted by molar-refractivity contribution is 7.61. The topological polar surface area (TPSA) is 240 Å². The largest absolute Gasteiger partial charge is 0.483 e. The van der Waals surface area contributed by atoms with Gasteiger partial charge in [-0.1, -0.05) is 0 Å². The molecular weight excluding hydrogens is 532 g/mol. The maximum atomic E-state index is 12.3.